The molecule has 0 saturated carbocycles. The summed E-state index contributed by atoms with van der Waals surface area (Å²) in [5.74, 6) is -0.906. The van der Waals surface area contributed by atoms with E-state index in [1.54, 1.807) is 66.7 Å². The molecule has 43 heavy (non-hydrogen) atoms. The first-order chi connectivity index (χ1) is 20.5. The Bertz CT molecular complexity index is 2010. The van der Waals surface area contributed by atoms with E-state index < -0.39 is 27.2 Å². The minimum atomic E-state index is -4.12. The van der Waals surface area contributed by atoms with Crippen LogP contribution in [0.2, 0.25) is 5.02 Å². The van der Waals surface area contributed by atoms with Gasteiger partial charge in [0.2, 0.25) is 0 Å². The Morgan fingerprint density at radius 3 is 2.14 bits per heavy atom. The van der Waals surface area contributed by atoms with Crippen LogP contribution >= 0.6 is 23.2 Å². The zero-order chi connectivity index (χ0) is 30.7. The Balaban J connectivity index is 1.40. The monoisotopic (exact) mass is 632 g/mol. The first-order valence-electron chi connectivity index (χ1n) is 12.8. The number of benzene rings is 5. The predicted octanol–water partition coefficient (Wildman–Crippen LogP) is 7.45. The summed E-state index contributed by atoms with van der Waals surface area (Å²) in [5, 5.41) is 6.08. The average molecular weight is 634 g/mol. The molecule has 0 aromatic heterocycles. The normalized spacial score (nSPS) is 11.1. The SMILES string of the molecule is Cc1ccc(OS(=O)(=O)c2ccc3c(NC(=O)c4cc(NC(=O)c5cccc(Cl)c5)cc(C(=O)Cl)c4)cccc3c2)cc1. The van der Waals surface area contributed by atoms with Crippen LogP contribution in [0.15, 0.2) is 108 Å². The molecule has 0 saturated heterocycles. The van der Waals surface area contributed by atoms with Crippen molar-refractivity contribution < 1.29 is 27.0 Å². The molecular weight excluding hydrogens is 611 g/mol. The lowest BCUT2D eigenvalue weighted by atomic mass is 10.1. The molecule has 2 N–H and O–H groups in total. The molecule has 216 valence electrons. The molecule has 0 aliphatic heterocycles. The number of rotatable bonds is 8. The van der Waals surface area contributed by atoms with Gasteiger partial charge in [-0.15, -0.1) is 0 Å². The smallest absolute Gasteiger partial charge is 0.339 e. The number of halogens is 2. The molecule has 5 aromatic rings. The Labute approximate surface area is 257 Å². The number of anilines is 2. The zero-order valence-corrected chi connectivity index (χ0v) is 24.8. The van der Waals surface area contributed by atoms with Crippen LogP contribution in [-0.2, 0) is 10.1 Å². The maximum Gasteiger partial charge on any atom is 0.339 e. The van der Waals surface area contributed by atoms with Crippen molar-refractivity contribution in [3.05, 3.63) is 130 Å². The van der Waals surface area contributed by atoms with Gasteiger partial charge in [0.15, 0.2) is 0 Å². The molecule has 0 atom stereocenters. The van der Waals surface area contributed by atoms with E-state index in [0.717, 1.165) is 5.56 Å². The highest BCUT2D eigenvalue weighted by molar-refractivity contribution is 7.87. The Kier molecular flexibility index (Phi) is 8.50. The van der Waals surface area contributed by atoms with Gasteiger partial charge in [-0.3, -0.25) is 14.4 Å². The molecule has 2 amide bonds. The molecular formula is C32H22Cl2N2O6S. The van der Waals surface area contributed by atoms with E-state index in [1.165, 1.54) is 36.4 Å². The van der Waals surface area contributed by atoms with Crippen molar-refractivity contribution in [3.8, 4) is 5.75 Å². The summed E-state index contributed by atoms with van der Waals surface area (Å²) in [6.45, 7) is 1.88. The van der Waals surface area contributed by atoms with E-state index in [0.29, 0.717) is 21.5 Å². The third-order valence-corrected chi connectivity index (χ3v) is 8.08. The second-order valence-electron chi connectivity index (χ2n) is 9.53. The number of hydrogen-bond acceptors (Lipinski definition) is 6. The molecule has 0 bridgehead atoms. The lowest BCUT2D eigenvalue weighted by molar-refractivity contribution is 0.101. The molecule has 11 heteroatoms. The summed E-state index contributed by atoms with van der Waals surface area (Å²) in [6, 6.07) is 26.4. The molecule has 5 aromatic carbocycles. The van der Waals surface area contributed by atoms with Gasteiger partial charge in [-0.1, -0.05) is 53.6 Å². The first kappa shape index (κ1) is 29.8. The predicted molar refractivity (Wildman–Crippen MR) is 167 cm³/mol. The number of amides is 2. The maximum absolute atomic E-state index is 13.3. The zero-order valence-electron chi connectivity index (χ0n) is 22.4. The van der Waals surface area contributed by atoms with E-state index >= 15 is 0 Å². The van der Waals surface area contributed by atoms with Crippen LogP contribution in [0, 0.1) is 6.92 Å². The highest BCUT2D eigenvalue weighted by Crippen LogP contribution is 2.29. The largest absolute Gasteiger partial charge is 0.379 e. The lowest BCUT2D eigenvalue weighted by Gasteiger charge is -2.13. The van der Waals surface area contributed by atoms with Crippen molar-refractivity contribution in [1.82, 2.24) is 0 Å². The molecule has 0 aliphatic rings. The maximum atomic E-state index is 13.3. The molecule has 0 aliphatic carbocycles. The molecule has 0 heterocycles. The summed E-state index contributed by atoms with van der Waals surface area (Å²) in [4.78, 5) is 38.0. The van der Waals surface area contributed by atoms with Crippen LogP contribution in [-0.4, -0.2) is 25.5 Å². The van der Waals surface area contributed by atoms with Gasteiger partial charge in [-0.05, 0) is 90.6 Å². The molecule has 8 nitrogen and oxygen atoms in total. The third kappa shape index (κ3) is 7.03. The van der Waals surface area contributed by atoms with Crippen molar-refractivity contribution in [2.45, 2.75) is 11.8 Å². The highest BCUT2D eigenvalue weighted by Gasteiger charge is 2.19. The van der Waals surface area contributed by atoms with Gasteiger partial charge >= 0.3 is 10.1 Å². The summed E-state index contributed by atoms with van der Waals surface area (Å²) in [6.07, 6.45) is 0. The van der Waals surface area contributed by atoms with Gasteiger partial charge in [-0.2, -0.15) is 8.42 Å². The van der Waals surface area contributed by atoms with E-state index in [1.807, 2.05) is 6.92 Å². The molecule has 0 fully saturated rings. The Morgan fingerprint density at radius 2 is 1.42 bits per heavy atom. The second kappa shape index (κ2) is 12.3. The van der Waals surface area contributed by atoms with Crippen LogP contribution in [0.1, 0.15) is 36.6 Å². The van der Waals surface area contributed by atoms with Gasteiger partial charge in [0.1, 0.15) is 10.6 Å². The van der Waals surface area contributed by atoms with Crippen molar-refractivity contribution >= 4 is 72.5 Å². The van der Waals surface area contributed by atoms with E-state index in [9.17, 15) is 22.8 Å². The number of aryl methyl sites for hydroxylation is 1. The standard InChI is InChI=1S/C32H22Cl2N2O6S/c1-19-8-10-26(11-9-19)42-43(40,41)27-12-13-28-20(18-27)4-3-7-29(28)36-32(39)23-14-22(30(34)37)16-25(17-23)35-31(38)21-5-2-6-24(33)15-21/h2-18H,1H3,(H,35,38)(H,36,39). The van der Waals surface area contributed by atoms with Gasteiger partial charge in [0.25, 0.3) is 17.1 Å². The fourth-order valence-corrected chi connectivity index (χ4v) is 5.53. The fourth-order valence-electron chi connectivity index (χ4n) is 4.27. The number of nitrogens with one attached hydrogen (secondary N) is 2. The Hall–Kier alpha value is -4.70. The minimum Gasteiger partial charge on any atom is -0.379 e. The van der Waals surface area contributed by atoms with Crippen LogP contribution in [0.25, 0.3) is 10.8 Å². The molecule has 0 spiro atoms. The molecule has 5 rings (SSSR count). The van der Waals surface area contributed by atoms with Crippen molar-refractivity contribution in [1.29, 1.82) is 0 Å². The minimum absolute atomic E-state index is 0.00273. The highest BCUT2D eigenvalue weighted by atomic mass is 35.5. The summed E-state index contributed by atoms with van der Waals surface area (Å²) >= 11 is 11.7. The number of carbonyl (C=O) groups is 3. The average Bonchev–Trinajstić information content (AvgIpc) is 2.98. The lowest BCUT2D eigenvalue weighted by Crippen LogP contribution is -2.16. The third-order valence-electron chi connectivity index (χ3n) is 6.38. The molecule has 0 unspecified atom stereocenters. The summed E-state index contributed by atoms with van der Waals surface area (Å²) in [5.41, 5.74) is 1.85. The first-order valence-corrected chi connectivity index (χ1v) is 14.9. The van der Waals surface area contributed by atoms with Gasteiger partial charge in [-0.25, -0.2) is 0 Å². The van der Waals surface area contributed by atoms with Crippen molar-refractivity contribution in [2.75, 3.05) is 10.6 Å². The van der Waals surface area contributed by atoms with Gasteiger partial charge < -0.3 is 14.8 Å². The van der Waals surface area contributed by atoms with Gasteiger partial charge in [0.05, 0.1) is 0 Å². The van der Waals surface area contributed by atoms with E-state index in [2.05, 4.69) is 10.6 Å². The fraction of sp³-hybridized carbons (Fsp3) is 0.0312. The van der Waals surface area contributed by atoms with Crippen LogP contribution < -0.4 is 14.8 Å². The topological polar surface area (TPSA) is 119 Å². The summed E-state index contributed by atoms with van der Waals surface area (Å²) in [7, 11) is -4.12. The second-order valence-corrected chi connectivity index (χ2v) is 11.9. The number of carbonyl (C=O) groups excluding carboxylic acids is 3. The van der Waals surface area contributed by atoms with E-state index in [-0.39, 0.29) is 33.0 Å². The van der Waals surface area contributed by atoms with Crippen LogP contribution in [0.4, 0.5) is 11.4 Å². The number of fused-ring (bicyclic) bond motifs is 1. The van der Waals surface area contributed by atoms with Gasteiger partial charge in [0, 0.05) is 38.5 Å². The van der Waals surface area contributed by atoms with Crippen LogP contribution in [0.3, 0.4) is 0 Å². The Morgan fingerprint density at radius 1 is 0.721 bits per heavy atom. The van der Waals surface area contributed by atoms with Crippen molar-refractivity contribution in [3.63, 3.8) is 0 Å². The van der Waals surface area contributed by atoms with Crippen LogP contribution in [0.5, 0.6) is 5.75 Å². The molecule has 0 radical (unpaired) electrons. The van der Waals surface area contributed by atoms with E-state index in [4.69, 9.17) is 27.4 Å². The summed E-state index contributed by atoms with van der Waals surface area (Å²) < 4.78 is 31.1. The quantitative estimate of drug-likeness (QED) is 0.135. The number of hydrogen-bond donors (Lipinski definition) is 2. The van der Waals surface area contributed by atoms with Crippen molar-refractivity contribution in [2.24, 2.45) is 0 Å².